The van der Waals surface area contributed by atoms with Crippen molar-refractivity contribution in [3.05, 3.63) is 83.4 Å². The summed E-state index contributed by atoms with van der Waals surface area (Å²) in [7, 11) is 1.68. The van der Waals surface area contributed by atoms with Crippen LogP contribution in [0.1, 0.15) is 16.7 Å². The van der Waals surface area contributed by atoms with Crippen molar-refractivity contribution in [3.8, 4) is 5.75 Å². The zero-order chi connectivity index (χ0) is 20.5. The molecule has 4 aromatic rings. The molecule has 0 fully saturated rings. The number of para-hydroxylation sites is 2. The van der Waals surface area contributed by atoms with Crippen LogP contribution in [0.15, 0.2) is 66.7 Å². The molecule has 30 heavy (non-hydrogen) atoms. The van der Waals surface area contributed by atoms with Gasteiger partial charge in [-0.3, -0.25) is 0 Å². The molecule has 0 amide bonds. The van der Waals surface area contributed by atoms with E-state index in [9.17, 15) is 0 Å². The lowest BCUT2D eigenvalue weighted by Crippen LogP contribution is -2.31. The number of nitrogens with one attached hydrogen (secondary N) is 1. The summed E-state index contributed by atoms with van der Waals surface area (Å²) in [6.45, 7) is 3.83. The first-order valence-corrected chi connectivity index (χ1v) is 10.2. The Hall–Kier alpha value is -3.60. The molecule has 0 atom stereocenters. The van der Waals surface area contributed by atoms with E-state index in [0.29, 0.717) is 5.95 Å². The first kappa shape index (κ1) is 18.4. The average molecular weight is 396 g/mol. The summed E-state index contributed by atoms with van der Waals surface area (Å²) in [5, 5.41) is 4.41. The van der Waals surface area contributed by atoms with Crippen molar-refractivity contribution in [3.63, 3.8) is 0 Å². The van der Waals surface area contributed by atoms with E-state index in [1.54, 1.807) is 7.11 Å². The Labute approximate surface area is 176 Å². The molecule has 150 valence electrons. The number of rotatable bonds is 4. The van der Waals surface area contributed by atoms with Gasteiger partial charge in [0, 0.05) is 24.2 Å². The van der Waals surface area contributed by atoms with Gasteiger partial charge in [0.05, 0.1) is 7.11 Å². The summed E-state index contributed by atoms with van der Waals surface area (Å²) in [5.41, 5.74) is 5.74. The summed E-state index contributed by atoms with van der Waals surface area (Å²) in [6.07, 6.45) is 1.01. The maximum Gasteiger partial charge on any atom is 0.229 e. The van der Waals surface area contributed by atoms with Crippen LogP contribution in [0.5, 0.6) is 5.75 Å². The number of benzene rings is 3. The number of fused-ring (bicyclic) bond motifs is 2. The maximum absolute atomic E-state index is 5.62. The molecule has 1 aliphatic rings. The highest BCUT2D eigenvalue weighted by Gasteiger charge is 2.21. The maximum atomic E-state index is 5.62. The van der Waals surface area contributed by atoms with E-state index in [1.165, 1.54) is 11.1 Å². The second kappa shape index (κ2) is 7.67. The van der Waals surface area contributed by atoms with Gasteiger partial charge in [0.1, 0.15) is 17.1 Å². The number of ether oxygens (including phenoxy) is 1. The second-order valence-electron chi connectivity index (χ2n) is 7.61. The van der Waals surface area contributed by atoms with Crippen LogP contribution < -0.4 is 15.0 Å². The van der Waals surface area contributed by atoms with E-state index in [-0.39, 0.29) is 0 Å². The van der Waals surface area contributed by atoms with Crippen LogP contribution in [0, 0.1) is 6.92 Å². The van der Waals surface area contributed by atoms with Crippen LogP contribution in [-0.2, 0) is 13.0 Å². The largest absolute Gasteiger partial charge is 0.494 e. The van der Waals surface area contributed by atoms with Crippen LogP contribution in [0.25, 0.3) is 10.9 Å². The van der Waals surface area contributed by atoms with Crippen molar-refractivity contribution in [2.24, 2.45) is 0 Å². The monoisotopic (exact) mass is 396 g/mol. The normalized spacial score (nSPS) is 13.2. The molecule has 0 radical (unpaired) electrons. The highest BCUT2D eigenvalue weighted by Crippen LogP contribution is 2.34. The summed E-state index contributed by atoms with van der Waals surface area (Å²) in [4.78, 5) is 12.1. The molecule has 1 N–H and O–H groups in total. The Kier molecular flexibility index (Phi) is 4.71. The van der Waals surface area contributed by atoms with E-state index in [1.807, 2.05) is 30.3 Å². The van der Waals surface area contributed by atoms with Gasteiger partial charge < -0.3 is 15.0 Å². The van der Waals surface area contributed by atoms with E-state index in [2.05, 4.69) is 53.5 Å². The van der Waals surface area contributed by atoms with Crippen molar-refractivity contribution in [1.82, 2.24) is 9.97 Å². The number of methoxy groups -OCH3 is 1. The number of aromatic nitrogens is 2. The minimum Gasteiger partial charge on any atom is -0.494 e. The van der Waals surface area contributed by atoms with Crippen LogP contribution in [-0.4, -0.2) is 23.6 Å². The average Bonchev–Trinajstić information content (AvgIpc) is 2.79. The molecule has 0 saturated carbocycles. The molecule has 0 aliphatic carbocycles. The van der Waals surface area contributed by atoms with Gasteiger partial charge >= 0.3 is 0 Å². The molecule has 2 heterocycles. The smallest absolute Gasteiger partial charge is 0.229 e. The van der Waals surface area contributed by atoms with Gasteiger partial charge in [0.2, 0.25) is 5.95 Å². The van der Waals surface area contributed by atoms with E-state index < -0.39 is 0 Å². The van der Waals surface area contributed by atoms with Crippen molar-refractivity contribution in [2.75, 3.05) is 23.9 Å². The third kappa shape index (κ3) is 3.32. The number of anilines is 3. The lowest BCUT2D eigenvalue weighted by atomic mass is 9.99. The summed E-state index contributed by atoms with van der Waals surface area (Å²) in [6, 6.07) is 22.8. The predicted molar refractivity (Wildman–Crippen MR) is 122 cm³/mol. The number of hydrogen-bond acceptors (Lipinski definition) is 5. The minimum absolute atomic E-state index is 0.579. The van der Waals surface area contributed by atoms with Crippen LogP contribution >= 0.6 is 0 Å². The van der Waals surface area contributed by atoms with Crippen molar-refractivity contribution in [2.45, 2.75) is 19.9 Å². The fourth-order valence-electron chi connectivity index (χ4n) is 4.08. The molecule has 0 unspecified atom stereocenters. The fourth-order valence-corrected chi connectivity index (χ4v) is 4.08. The van der Waals surface area contributed by atoms with E-state index in [0.717, 1.165) is 53.2 Å². The summed E-state index contributed by atoms with van der Waals surface area (Å²) < 4.78 is 5.62. The summed E-state index contributed by atoms with van der Waals surface area (Å²) >= 11 is 0. The van der Waals surface area contributed by atoms with Gasteiger partial charge in [-0.2, -0.15) is 4.98 Å². The molecule has 5 heteroatoms. The zero-order valence-electron chi connectivity index (χ0n) is 17.2. The Morgan fingerprint density at radius 3 is 2.53 bits per heavy atom. The number of aryl methyl sites for hydroxylation is 1. The molecule has 0 bridgehead atoms. The Morgan fingerprint density at radius 1 is 0.900 bits per heavy atom. The molecule has 0 spiro atoms. The molecule has 0 saturated heterocycles. The van der Waals surface area contributed by atoms with E-state index >= 15 is 0 Å². The van der Waals surface area contributed by atoms with Crippen LogP contribution in [0.4, 0.5) is 17.5 Å². The van der Waals surface area contributed by atoms with Crippen LogP contribution in [0.3, 0.4) is 0 Å². The summed E-state index contributed by atoms with van der Waals surface area (Å²) in [5.74, 6) is 2.26. The van der Waals surface area contributed by atoms with Gasteiger partial charge in [0.15, 0.2) is 0 Å². The topological polar surface area (TPSA) is 50.3 Å². The second-order valence-corrected chi connectivity index (χ2v) is 7.61. The first-order chi connectivity index (χ1) is 14.7. The Bertz CT molecular complexity index is 1220. The third-order valence-electron chi connectivity index (χ3n) is 5.71. The number of nitrogens with zero attached hydrogens (tertiary/aromatic N) is 3. The van der Waals surface area contributed by atoms with Crippen LogP contribution in [0.2, 0.25) is 0 Å². The van der Waals surface area contributed by atoms with Gasteiger partial charge in [-0.15, -0.1) is 0 Å². The zero-order valence-corrected chi connectivity index (χ0v) is 17.2. The lowest BCUT2D eigenvalue weighted by molar-refractivity contribution is 0.419. The molecule has 5 rings (SSSR count). The Balaban J connectivity index is 1.62. The van der Waals surface area contributed by atoms with Gasteiger partial charge in [-0.1, -0.05) is 48.5 Å². The molecule has 1 aliphatic heterocycles. The van der Waals surface area contributed by atoms with Crippen molar-refractivity contribution >= 4 is 28.4 Å². The van der Waals surface area contributed by atoms with Crippen molar-refractivity contribution < 1.29 is 4.74 Å². The highest BCUT2D eigenvalue weighted by atomic mass is 16.5. The van der Waals surface area contributed by atoms with Gasteiger partial charge in [-0.25, -0.2) is 4.98 Å². The molecular weight excluding hydrogens is 372 g/mol. The minimum atomic E-state index is 0.579. The SMILES string of the molecule is COc1cccc2c(N3CCc4ccccc4C3)nc(Nc3ccccc3C)nc12. The number of hydrogen-bond donors (Lipinski definition) is 1. The first-order valence-electron chi connectivity index (χ1n) is 10.2. The molecular formula is C25H24N4O. The third-order valence-corrected chi connectivity index (χ3v) is 5.71. The molecule has 5 nitrogen and oxygen atoms in total. The van der Waals surface area contributed by atoms with E-state index in [4.69, 9.17) is 14.7 Å². The van der Waals surface area contributed by atoms with Crippen molar-refractivity contribution in [1.29, 1.82) is 0 Å². The fraction of sp³-hybridized carbons (Fsp3) is 0.200. The lowest BCUT2D eigenvalue weighted by Gasteiger charge is -2.31. The molecule has 3 aromatic carbocycles. The predicted octanol–water partition coefficient (Wildman–Crippen LogP) is 5.25. The van der Waals surface area contributed by atoms with Gasteiger partial charge in [-0.05, 0) is 48.2 Å². The molecule has 1 aromatic heterocycles. The quantitative estimate of drug-likeness (QED) is 0.510. The Morgan fingerprint density at radius 2 is 1.70 bits per heavy atom. The highest BCUT2D eigenvalue weighted by molar-refractivity contribution is 5.94. The standard InChI is InChI=1S/C25H24N4O/c1-17-8-3-6-12-21(17)26-25-27-23-20(11-7-13-22(23)30-2)24(28-25)29-15-14-18-9-4-5-10-19(18)16-29/h3-13H,14-16H2,1-2H3,(H,26,27,28). The van der Waals surface area contributed by atoms with Gasteiger partial charge in [0.25, 0.3) is 0 Å².